The molecule has 3 saturated heterocycles. The van der Waals surface area contributed by atoms with E-state index in [1.165, 1.54) is 22.3 Å². The molecule has 0 aromatic heterocycles. The van der Waals surface area contributed by atoms with Crippen LogP contribution in [-0.2, 0) is 16.0 Å². The lowest BCUT2D eigenvalue weighted by Gasteiger charge is -2.37. The SMILES string of the molecule is O=C1CCC(N2C(=O)c3ccc(N4CCC[C@H](NCC5CCN(CCOc6ccc([C@@H]7c8ccc(O)cc8CC[C@@H]7c7ccccc7)cc6)CC5)C4)cc3C2=O)C(=O)N1. The number of aryl methyl sites for hydroxylation is 1. The second-order valence-electron chi connectivity index (χ2n) is 17.0. The first-order chi connectivity index (χ1) is 28.8. The Morgan fingerprint density at radius 2 is 1.56 bits per heavy atom. The Kier molecular flexibility index (Phi) is 11.2. The fourth-order valence-electron chi connectivity index (χ4n) is 10.1. The average molecular weight is 796 g/mol. The lowest BCUT2D eigenvalue weighted by molar-refractivity contribution is -0.136. The Morgan fingerprint density at radius 1 is 0.763 bits per heavy atom. The van der Waals surface area contributed by atoms with Crippen LogP contribution in [0.5, 0.6) is 11.5 Å². The molecule has 11 nitrogen and oxygen atoms in total. The van der Waals surface area contributed by atoms with Crippen LogP contribution in [0.15, 0.2) is 91.0 Å². The molecule has 4 aliphatic heterocycles. The minimum absolute atomic E-state index is 0.101. The van der Waals surface area contributed by atoms with Gasteiger partial charge in [-0.15, -0.1) is 0 Å². The van der Waals surface area contributed by atoms with Crippen molar-refractivity contribution in [2.75, 3.05) is 50.8 Å². The summed E-state index contributed by atoms with van der Waals surface area (Å²) in [6.07, 6.45) is 6.65. The zero-order valence-corrected chi connectivity index (χ0v) is 33.5. The molecule has 5 aliphatic rings. The molecule has 306 valence electrons. The molecular formula is C48H53N5O6. The maximum absolute atomic E-state index is 13.4. The van der Waals surface area contributed by atoms with E-state index in [2.05, 4.69) is 81.1 Å². The summed E-state index contributed by atoms with van der Waals surface area (Å²) >= 11 is 0. The molecule has 4 aromatic carbocycles. The van der Waals surface area contributed by atoms with Gasteiger partial charge in [-0.1, -0.05) is 48.5 Å². The first-order valence-electron chi connectivity index (χ1n) is 21.4. The highest BCUT2D eigenvalue weighted by atomic mass is 16.5. The fraction of sp³-hybridized carbons (Fsp3) is 0.417. The van der Waals surface area contributed by atoms with Gasteiger partial charge in [0.15, 0.2) is 0 Å². The highest BCUT2D eigenvalue weighted by Crippen LogP contribution is 2.47. The van der Waals surface area contributed by atoms with Gasteiger partial charge in [0.2, 0.25) is 11.8 Å². The van der Waals surface area contributed by atoms with Gasteiger partial charge in [-0.05, 0) is 141 Å². The first kappa shape index (κ1) is 39.0. The molecule has 3 fully saturated rings. The number of nitrogens with one attached hydrogen (secondary N) is 2. The predicted octanol–water partition coefficient (Wildman–Crippen LogP) is 6.00. The van der Waals surface area contributed by atoms with Crippen LogP contribution in [0, 0.1) is 5.92 Å². The predicted molar refractivity (Wildman–Crippen MR) is 225 cm³/mol. The molecule has 4 aromatic rings. The number of hydrogen-bond donors (Lipinski definition) is 3. The fourth-order valence-corrected chi connectivity index (χ4v) is 10.1. The van der Waals surface area contributed by atoms with Crippen LogP contribution in [0.2, 0.25) is 0 Å². The molecular weight excluding hydrogens is 743 g/mol. The summed E-state index contributed by atoms with van der Waals surface area (Å²) in [5.41, 5.74) is 6.69. The maximum Gasteiger partial charge on any atom is 0.262 e. The maximum atomic E-state index is 13.4. The van der Waals surface area contributed by atoms with Crippen LogP contribution < -0.4 is 20.3 Å². The quantitative estimate of drug-likeness (QED) is 0.157. The summed E-state index contributed by atoms with van der Waals surface area (Å²) < 4.78 is 6.27. The second kappa shape index (κ2) is 17.0. The topological polar surface area (TPSA) is 132 Å². The highest BCUT2D eigenvalue weighted by molar-refractivity contribution is 6.23. The van der Waals surface area contributed by atoms with E-state index < -0.39 is 23.8 Å². The van der Waals surface area contributed by atoms with E-state index in [4.69, 9.17) is 4.74 Å². The first-order valence-corrected chi connectivity index (χ1v) is 21.4. The Balaban J connectivity index is 0.728. The van der Waals surface area contributed by atoms with E-state index in [0.717, 1.165) is 94.1 Å². The zero-order chi connectivity index (χ0) is 40.5. The molecule has 11 heteroatoms. The summed E-state index contributed by atoms with van der Waals surface area (Å²) in [7, 11) is 0. The van der Waals surface area contributed by atoms with Gasteiger partial charge in [0.1, 0.15) is 24.1 Å². The van der Waals surface area contributed by atoms with Crippen molar-refractivity contribution >= 4 is 29.3 Å². The molecule has 4 amide bonds. The lowest BCUT2D eigenvalue weighted by Crippen LogP contribution is -2.54. The van der Waals surface area contributed by atoms with Crippen LogP contribution in [0.3, 0.4) is 0 Å². The van der Waals surface area contributed by atoms with E-state index in [1.807, 2.05) is 18.2 Å². The van der Waals surface area contributed by atoms with E-state index in [0.29, 0.717) is 41.4 Å². The number of hydrogen-bond acceptors (Lipinski definition) is 9. The van der Waals surface area contributed by atoms with Gasteiger partial charge in [-0.2, -0.15) is 0 Å². The molecule has 3 N–H and O–H groups in total. The molecule has 1 unspecified atom stereocenters. The summed E-state index contributed by atoms with van der Waals surface area (Å²) in [6, 6.07) is 30.1. The number of imide groups is 2. The number of nitrogens with zero attached hydrogens (tertiary/aromatic N) is 3. The lowest BCUT2D eigenvalue weighted by atomic mass is 9.69. The number of phenolic OH excluding ortho intramolecular Hbond substituents is 1. The van der Waals surface area contributed by atoms with Crippen molar-refractivity contribution in [2.45, 2.75) is 75.3 Å². The Morgan fingerprint density at radius 3 is 2.36 bits per heavy atom. The molecule has 59 heavy (non-hydrogen) atoms. The van der Waals surface area contributed by atoms with Crippen LogP contribution >= 0.6 is 0 Å². The third-order valence-electron chi connectivity index (χ3n) is 13.3. The van der Waals surface area contributed by atoms with Gasteiger partial charge in [-0.3, -0.25) is 34.3 Å². The molecule has 9 rings (SSSR count). The smallest absolute Gasteiger partial charge is 0.262 e. The molecule has 0 bridgehead atoms. The van der Waals surface area contributed by atoms with Crippen LogP contribution in [0.25, 0.3) is 0 Å². The van der Waals surface area contributed by atoms with Crippen molar-refractivity contribution in [2.24, 2.45) is 5.92 Å². The average Bonchev–Trinajstić information content (AvgIpc) is 3.51. The monoisotopic (exact) mass is 795 g/mol. The number of phenols is 1. The number of fused-ring (bicyclic) bond motifs is 2. The molecule has 4 atom stereocenters. The standard InChI is InChI=1S/C48H53N5O6/c54-37-12-17-40-34(27-37)10-15-39(32-5-2-1-3-6-32)45(40)33-8-13-38(14-9-33)59-26-25-51-23-20-31(21-24-51)29-49-35-7-4-22-52(30-35)36-11-16-41-42(28-36)48(58)53(47(41)57)43-18-19-44(55)50-46(43)56/h1-3,5-6,8-9,11-14,16-17,27-28,31,35,39,43,45,49,54H,4,7,10,15,18-26,29-30H2,(H,50,55,56)/t35-,39+,43?,45-/m0/s1. The third-order valence-corrected chi connectivity index (χ3v) is 13.3. The van der Waals surface area contributed by atoms with Crippen molar-refractivity contribution in [3.8, 4) is 11.5 Å². The van der Waals surface area contributed by atoms with Crippen molar-refractivity contribution in [3.05, 3.63) is 124 Å². The van der Waals surface area contributed by atoms with Crippen molar-refractivity contribution < 1.29 is 29.0 Å². The van der Waals surface area contributed by atoms with Gasteiger partial charge >= 0.3 is 0 Å². The largest absolute Gasteiger partial charge is 0.508 e. The van der Waals surface area contributed by atoms with Crippen LogP contribution in [0.4, 0.5) is 5.69 Å². The summed E-state index contributed by atoms with van der Waals surface area (Å²) in [6.45, 7) is 6.33. The number of benzene rings is 4. The number of rotatable bonds is 11. The Labute approximate surface area is 345 Å². The van der Waals surface area contributed by atoms with Crippen molar-refractivity contribution in [3.63, 3.8) is 0 Å². The number of carbonyl (C=O) groups excluding carboxylic acids is 4. The minimum Gasteiger partial charge on any atom is -0.508 e. The van der Waals surface area contributed by atoms with E-state index >= 15 is 0 Å². The van der Waals surface area contributed by atoms with Gasteiger partial charge in [0.05, 0.1) is 11.1 Å². The minimum atomic E-state index is -0.963. The molecule has 0 saturated carbocycles. The van der Waals surface area contributed by atoms with E-state index in [9.17, 15) is 24.3 Å². The summed E-state index contributed by atoms with van der Waals surface area (Å²) in [5.74, 6) is 0.502. The van der Waals surface area contributed by atoms with Crippen molar-refractivity contribution in [1.82, 2.24) is 20.4 Å². The highest BCUT2D eigenvalue weighted by Gasteiger charge is 2.45. The third kappa shape index (κ3) is 8.23. The zero-order valence-electron chi connectivity index (χ0n) is 33.5. The Bertz CT molecular complexity index is 2200. The number of carbonyl (C=O) groups is 4. The number of aromatic hydroxyl groups is 1. The number of ether oxygens (including phenoxy) is 1. The normalized spacial score (nSPS) is 23.9. The van der Waals surface area contributed by atoms with Gasteiger partial charge in [-0.25, -0.2) is 0 Å². The van der Waals surface area contributed by atoms with E-state index in [-0.39, 0.29) is 24.7 Å². The number of piperidine rings is 3. The van der Waals surface area contributed by atoms with Crippen LogP contribution in [0.1, 0.15) is 99.8 Å². The number of amides is 4. The van der Waals surface area contributed by atoms with E-state index in [1.54, 1.807) is 12.1 Å². The van der Waals surface area contributed by atoms with Crippen molar-refractivity contribution in [1.29, 1.82) is 0 Å². The van der Waals surface area contributed by atoms with Gasteiger partial charge in [0.25, 0.3) is 11.8 Å². The molecule has 0 spiro atoms. The summed E-state index contributed by atoms with van der Waals surface area (Å²) in [5, 5.41) is 16.3. The number of anilines is 1. The second-order valence-corrected chi connectivity index (χ2v) is 17.0. The molecule has 4 heterocycles. The summed E-state index contributed by atoms with van der Waals surface area (Å²) in [4.78, 5) is 56.5. The van der Waals surface area contributed by atoms with Gasteiger partial charge < -0.3 is 20.1 Å². The molecule has 0 radical (unpaired) electrons. The number of likely N-dealkylation sites (tertiary alicyclic amines) is 1. The van der Waals surface area contributed by atoms with Gasteiger partial charge in [0, 0.05) is 43.7 Å². The molecule has 1 aliphatic carbocycles. The van der Waals surface area contributed by atoms with Crippen LogP contribution in [-0.4, -0.2) is 96.5 Å². The Hall–Kier alpha value is -5.52.